The van der Waals surface area contributed by atoms with E-state index in [1.807, 2.05) is 43.0 Å². The van der Waals surface area contributed by atoms with E-state index in [1.165, 1.54) is 13.0 Å². The van der Waals surface area contributed by atoms with Gasteiger partial charge in [-0.2, -0.15) is 0 Å². The van der Waals surface area contributed by atoms with Gasteiger partial charge < -0.3 is 4.90 Å². The van der Waals surface area contributed by atoms with Crippen molar-refractivity contribution >= 4 is 17.2 Å². The van der Waals surface area contributed by atoms with Crippen molar-refractivity contribution in [1.82, 2.24) is 0 Å². The lowest BCUT2D eigenvalue weighted by molar-refractivity contribution is 0.101. The average molecular weight is 271 g/mol. The fraction of sp³-hybridized carbons (Fsp3) is 0.235. The summed E-state index contributed by atoms with van der Waals surface area (Å²) in [6.45, 7) is 5.98. The number of carbonyl (C=O) groups is 1. The van der Waals surface area contributed by atoms with Crippen molar-refractivity contribution in [2.45, 2.75) is 20.8 Å². The molecule has 0 unspecified atom stereocenters. The lowest BCUT2D eigenvalue weighted by atomic mass is 10.1. The van der Waals surface area contributed by atoms with Gasteiger partial charge in [0, 0.05) is 17.8 Å². The van der Waals surface area contributed by atoms with Crippen LogP contribution in [0.4, 0.5) is 15.8 Å². The summed E-state index contributed by atoms with van der Waals surface area (Å²) in [6.07, 6.45) is 0. The molecule has 0 saturated heterocycles. The van der Waals surface area contributed by atoms with Crippen molar-refractivity contribution in [2.24, 2.45) is 0 Å². The van der Waals surface area contributed by atoms with Crippen molar-refractivity contribution in [3.05, 3.63) is 59.4 Å². The predicted octanol–water partition coefficient (Wildman–Crippen LogP) is 4.49. The first-order chi connectivity index (χ1) is 9.56. The van der Waals surface area contributed by atoms with Gasteiger partial charge in [0.25, 0.3) is 0 Å². The minimum absolute atomic E-state index is 0.133. The van der Waals surface area contributed by atoms with E-state index in [0.29, 0.717) is 17.8 Å². The van der Waals surface area contributed by atoms with E-state index in [9.17, 15) is 9.18 Å². The molecule has 0 aliphatic heterocycles. The van der Waals surface area contributed by atoms with Crippen LogP contribution in [0.5, 0.6) is 0 Å². The molecule has 2 aromatic carbocycles. The molecule has 2 nitrogen and oxygen atoms in total. The number of rotatable bonds is 4. The summed E-state index contributed by atoms with van der Waals surface area (Å²) in [5.74, 6) is -0.505. The average Bonchev–Trinajstić information content (AvgIpc) is 2.43. The van der Waals surface area contributed by atoms with Gasteiger partial charge in [0.05, 0.1) is 5.69 Å². The Hall–Kier alpha value is -2.16. The van der Waals surface area contributed by atoms with Crippen molar-refractivity contribution < 1.29 is 9.18 Å². The van der Waals surface area contributed by atoms with Crippen LogP contribution in [-0.2, 0) is 0 Å². The SMILES string of the molecule is CCN(c1ccccc1C)c1c(F)cccc1C(C)=O. The molecule has 0 spiro atoms. The summed E-state index contributed by atoms with van der Waals surface area (Å²) < 4.78 is 14.3. The molecule has 0 atom stereocenters. The van der Waals surface area contributed by atoms with Gasteiger partial charge in [0.15, 0.2) is 5.78 Å². The van der Waals surface area contributed by atoms with E-state index >= 15 is 0 Å². The zero-order valence-electron chi connectivity index (χ0n) is 12.0. The molecule has 0 N–H and O–H groups in total. The van der Waals surface area contributed by atoms with Crippen LogP contribution >= 0.6 is 0 Å². The number of hydrogen-bond acceptors (Lipinski definition) is 2. The third-order valence-electron chi connectivity index (χ3n) is 3.36. The minimum Gasteiger partial charge on any atom is -0.339 e. The van der Waals surface area contributed by atoms with Gasteiger partial charge in [0.2, 0.25) is 0 Å². The highest BCUT2D eigenvalue weighted by molar-refractivity contribution is 6.00. The highest BCUT2D eigenvalue weighted by atomic mass is 19.1. The third-order valence-corrected chi connectivity index (χ3v) is 3.36. The highest BCUT2D eigenvalue weighted by Gasteiger charge is 2.19. The van der Waals surface area contributed by atoms with Gasteiger partial charge in [-0.25, -0.2) is 4.39 Å². The number of carbonyl (C=O) groups excluding carboxylic acids is 1. The first-order valence-corrected chi connectivity index (χ1v) is 6.69. The molecule has 3 heteroatoms. The van der Waals surface area contributed by atoms with Crippen LogP contribution < -0.4 is 4.90 Å². The first-order valence-electron chi connectivity index (χ1n) is 6.69. The fourth-order valence-electron chi connectivity index (χ4n) is 2.39. The third kappa shape index (κ3) is 2.57. The van der Waals surface area contributed by atoms with Crippen LogP contribution in [0.15, 0.2) is 42.5 Å². The Kier molecular flexibility index (Phi) is 4.18. The topological polar surface area (TPSA) is 20.3 Å². The highest BCUT2D eigenvalue weighted by Crippen LogP contribution is 2.33. The van der Waals surface area contributed by atoms with Gasteiger partial charge in [0.1, 0.15) is 5.82 Å². The van der Waals surface area contributed by atoms with Crippen molar-refractivity contribution in [1.29, 1.82) is 0 Å². The summed E-state index contributed by atoms with van der Waals surface area (Å²) in [7, 11) is 0. The largest absolute Gasteiger partial charge is 0.339 e. The summed E-state index contributed by atoms with van der Waals surface area (Å²) in [4.78, 5) is 13.6. The molecular formula is C17H18FNO. The molecule has 0 saturated carbocycles. The number of hydrogen-bond donors (Lipinski definition) is 0. The van der Waals surface area contributed by atoms with Gasteiger partial charge >= 0.3 is 0 Å². The molecule has 20 heavy (non-hydrogen) atoms. The Morgan fingerprint density at radius 2 is 1.85 bits per heavy atom. The lowest BCUT2D eigenvalue weighted by Gasteiger charge is -2.27. The van der Waals surface area contributed by atoms with Crippen molar-refractivity contribution in [2.75, 3.05) is 11.4 Å². The molecule has 0 bridgehead atoms. The van der Waals surface area contributed by atoms with E-state index in [2.05, 4.69) is 0 Å². The molecule has 0 amide bonds. The molecule has 0 aliphatic rings. The molecule has 2 rings (SSSR count). The van der Waals surface area contributed by atoms with Crippen LogP contribution in [0.1, 0.15) is 29.8 Å². The zero-order chi connectivity index (χ0) is 14.7. The molecule has 2 aromatic rings. The summed E-state index contributed by atoms with van der Waals surface area (Å²) in [6, 6.07) is 12.4. The van der Waals surface area contributed by atoms with Crippen LogP contribution in [0.2, 0.25) is 0 Å². The van der Waals surface area contributed by atoms with Gasteiger partial charge in [-0.3, -0.25) is 4.79 Å². The summed E-state index contributed by atoms with van der Waals surface area (Å²) in [5.41, 5.74) is 2.74. The number of nitrogens with zero attached hydrogens (tertiary/aromatic N) is 1. The van der Waals surface area contributed by atoms with E-state index in [4.69, 9.17) is 0 Å². The van der Waals surface area contributed by atoms with Crippen LogP contribution in [0.3, 0.4) is 0 Å². The number of benzene rings is 2. The van der Waals surface area contributed by atoms with Gasteiger partial charge in [-0.05, 0) is 44.5 Å². The molecule has 0 heterocycles. The number of Topliss-reactive ketones (excluding diaryl/α,β-unsaturated/α-hetero) is 1. The predicted molar refractivity (Wildman–Crippen MR) is 80.3 cm³/mol. The molecule has 0 aliphatic carbocycles. The Morgan fingerprint density at radius 3 is 2.45 bits per heavy atom. The fourth-order valence-corrected chi connectivity index (χ4v) is 2.39. The van der Waals surface area contributed by atoms with E-state index < -0.39 is 0 Å². The molecule has 0 fully saturated rings. The zero-order valence-corrected chi connectivity index (χ0v) is 12.0. The first kappa shape index (κ1) is 14.3. The second-order valence-electron chi connectivity index (χ2n) is 4.72. The van der Waals surface area contributed by atoms with Crippen molar-refractivity contribution in [3.63, 3.8) is 0 Å². The maximum atomic E-state index is 14.3. The van der Waals surface area contributed by atoms with Crippen LogP contribution in [-0.4, -0.2) is 12.3 Å². The molecule has 104 valence electrons. The Balaban J connectivity index is 2.64. The van der Waals surface area contributed by atoms with Crippen molar-refractivity contribution in [3.8, 4) is 0 Å². The van der Waals surface area contributed by atoms with E-state index in [0.717, 1.165) is 11.3 Å². The molecular weight excluding hydrogens is 253 g/mol. The number of para-hydroxylation sites is 2. The smallest absolute Gasteiger partial charge is 0.162 e. The standard InChI is InChI=1S/C17H18FNO/c1-4-19(16-11-6-5-8-12(16)2)17-14(13(3)20)9-7-10-15(17)18/h5-11H,4H2,1-3H3. The second kappa shape index (κ2) is 5.87. The summed E-state index contributed by atoms with van der Waals surface area (Å²) in [5, 5.41) is 0. The number of ketones is 1. The second-order valence-corrected chi connectivity index (χ2v) is 4.72. The summed E-state index contributed by atoms with van der Waals surface area (Å²) >= 11 is 0. The number of aryl methyl sites for hydroxylation is 1. The van der Waals surface area contributed by atoms with Crippen LogP contribution in [0, 0.1) is 12.7 Å². The molecule has 0 radical (unpaired) electrons. The number of halogens is 1. The molecule has 0 aromatic heterocycles. The van der Waals surface area contributed by atoms with Gasteiger partial charge in [-0.1, -0.05) is 24.3 Å². The lowest BCUT2D eigenvalue weighted by Crippen LogP contribution is -2.21. The Labute approximate surface area is 118 Å². The number of anilines is 2. The monoisotopic (exact) mass is 271 g/mol. The van der Waals surface area contributed by atoms with E-state index in [-0.39, 0.29) is 11.6 Å². The Morgan fingerprint density at radius 1 is 1.15 bits per heavy atom. The quantitative estimate of drug-likeness (QED) is 0.763. The normalized spacial score (nSPS) is 10.4. The Bertz CT molecular complexity index is 637. The maximum absolute atomic E-state index is 14.3. The van der Waals surface area contributed by atoms with E-state index in [1.54, 1.807) is 12.1 Å². The maximum Gasteiger partial charge on any atom is 0.162 e. The van der Waals surface area contributed by atoms with Gasteiger partial charge in [-0.15, -0.1) is 0 Å². The van der Waals surface area contributed by atoms with Crippen LogP contribution in [0.25, 0.3) is 0 Å². The minimum atomic E-state index is -0.372.